The van der Waals surface area contributed by atoms with Crippen molar-refractivity contribution in [1.82, 2.24) is 10.2 Å². The van der Waals surface area contributed by atoms with Gasteiger partial charge in [0.15, 0.2) is 0 Å². The maximum absolute atomic E-state index is 13.5. The van der Waals surface area contributed by atoms with Crippen LogP contribution < -0.4 is 5.32 Å². The predicted molar refractivity (Wildman–Crippen MR) is 108 cm³/mol. The Hall–Kier alpha value is -2.84. The van der Waals surface area contributed by atoms with Gasteiger partial charge in [-0.2, -0.15) is 13.2 Å². The maximum atomic E-state index is 13.5. The van der Waals surface area contributed by atoms with Gasteiger partial charge in [-0.05, 0) is 55.5 Å². The summed E-state index contributed by atoms with van der Waals surface area (Å²) in [4.78, 5) is 26.3. The van der Waals surface area contributed by atoms with E-state index >= 15 is 0 Å². The molecule has 1 N–H and O–H groups in total. The number of hydrogen-bond acceptors (Lipinski definition) is 4. The number of halogens is 4. The van der Waals surface area contributed by atoms with E-state index in [0.717, 1.165) is 0 Å². The van der Waals surface area contributed by atoms with Crippen molar-refractivity contribution in [1.29, 1.82) is 0 Å². The van der Waals surface area contributed by atoms with E-state index in [1.165, 1.54) is 24.3 Å². The number of ether oxygens (including phenoxy) is 1. The molecule has 1 amide bonds. The molecular formula is C22H26F4N2O3. The summed E-state index contributed by atoms with van der Waals surface area (Å²) in [5.74, 6) is -3.45. The number of likely N-dealkylation sites (N-methyl/N-ethyl adjacent to an activating group) is 1. The fourth-order valence-electron chi connectivity index (χ4n) is 3.84. The molecule has 170 valence electrons. The summed E-state index contributed by atoms with van der Waals surface area (Å²) < 4.78 is 57.8. The molecular weight excluding hydrogens is 416 g/mol. The largest absolute Gasteiger partial charge is 0.471 e. The third-order valence-corrected chi connectivity index (χ3v) is 5.06. The highest BCUT2D eigenvalue weighted by molar-refractivity contribution is 5.96. The van der Waals surface area contributed by atoms with E-state index in [2.05, 4.69) is 0 Å². The molecule has 0 bridgehead atoms. The lowest BCUT2D eigenvalue weighted by molar-refractivity contribution is -0.172. The lowest BCUT2D eigenvalue weighted by Gasteiger charge is -2.41. The molecule has 9 heteroatoms. The lowest BCUT2D eigenvalue weighted by Crippen LogP contribution is -2.47. The molecule has 1 atom stereocenters. The second-order valence-electron chi connectivity index (χ2n) is 6.86. The highest BCUT2D eigenvalue weighted by Crippen LogP contribution is 2.40. The molecule has 1 unspecified atom stereocenters. The minimum absolute atomic E-state index is 0.0210. The molecule has 1 aliphatic heterocycles. The van der Waals surface area contributed by atoms with E-state index in [1.54, 1.807) is 25.7 Å². The first-order valence-electron chi connectivity index (χ1n) is 10.2. The van der Waals surface area contributed by atoms with Gasteiger partial charge in [0, 0.05) is 6.54 Å². The second-order valence-corrected chi connectivity index (χ2v) is 6.86. The Morgan fingerprint density at radius 3 is 2.16 bits per heavy atom. The van der Waals surface area contributed by atoms with Gasteiger partial charge in [0.25, 0.3) is 0 Å². The van der Waals surface area contributed by atoms with Gasteiger partial charge in [-0.1, -0.05) is 26.0 Å². The quantitative estimate of drug-likeness (QED) is 0.497. The Labute approximate surface area is 178 Å². The lowest BCUT2D eigenvalue weighted by atomic mass is 9.84. The van der Waals surface area contributed by atoms with Crippen molar-refractivity contribution in [2.75, 3.05) is 13.2 Å². The topological polar surface area (TPSA) is 58.6 Å². The van der Waals surface area contributed by atoms with Gasteiger partial charge < -0.3 is 15.0 Å². The van der Waals surface area contributed by atoms with Crippen LogP contribution in [-0.4, -0.2) is 42.1 Å². The normalized spacial score (nSPS) is 17.2. The van der Waals surface area contributed by atoms with Gasteiger partial charge >= 0.3 is 18.1 Å². The van der Waals surface area contributed by atoms with Crippen LogP contribution in [0.15, 0.2) is 41.2 Å². The molecule has 0 spiro atoms. The summed E-state index contributed by atoms with van der Waals surface area (Å²) in [5.41, 5.74) is 1.28. The molecule has 0 saturated heterocycles. The molecule has 0 saturated carbocycles. The van der Waals surface area contributed by atoms with Crippen molar-refractivity contribution < 1.29 is 31.9 Å². The highest BCUT2D eigenvalue weighted by atomic mass is 19.4. The van der Waals surface area contributed by atoms with E-state index in [-0.39, 0.29) is 37.0 Å². The number of alkyl halides is 3. The number of benzene rings is 1. The summed E-state index contributed by atoms with van der Waals surface area (Å²) in [6, 6.07) is 5.22. The van der Waals surface area contributed by atoms with Gasteiger partial charge in [-0.15, -0.1) is 0 Å². The molecule has 0 aliphatic carbocycles. The molecule has 1 aliphatic rings. The van der Waals surface area contributed by atoms with E-state index in [1.807, 2.05) is 12.2 Å². The van der Waals surface area contributed by atoms with Crippen molar-refractivity contribution >= 4 is 17.4 Å². The first kappa shape index (κ1) is 24.4. The SMILES string of the molecule is CCOC(=O)C1=C(NC(=O)C(F)(F)F)C(CC)=C(c2ccc(F)cc2)C(CC)N1CC. The van der Waals surface area contributed by atoms with E-state index in [0.29, 0.717) is 23.1 Å². The summed E-state index contributed by atoms with van der Waals surface area (Å²) in [6.07, 6.45) is -4.38. The van der Waals surface area contributed by atoms with Crippen molar-refractivity contribution in [3.8, 4) is 0 Å². The van der Waals surface area contributed by atoms with Crippen LogP contribution in [0.1, 0.15) is 46.1 Å². The predicted octanol–water partition coefficient (Wildman–Crippen LogP) is 4.56. The number of allylic oxidation sites excluding steroid dienone is 1. The van der Waals surface area contributed by atoms with Gasteiger partial charge in [-0.25, -0.2) is 9.18 Å². The highest BCUT2D eigenvalue weighted by Gasteiger charge is 2.43. The first-order chi connectivity index (χ1) is 14.6. The fourth-order valence-corrected chi connectivity index (χ4v) is 3.84. The van der Waals surface area contributed by atoms with Crippen LogP contribution in [0.25, 0.3) is 5.57 Å². The van der Waals surface area contributed by atoms with E-state index < -0.39 is 23.9 Å². The Balaban J connectivity index is 2.85. The fraction of sp³-hybridized carbons (Fsp3) is 0.455. The van der Waals surface area contributed by atoms with Crippen molar-refractivity contribution in [2.45, 2.75) is 52.8 Å². The maximum Gasteiger partial charge on any atom is 0.471 e. The van der Waals surface area contributed by atoms with Crippen molar-refractivity contribution in [3.05, 3.63) is 52.6 Å². The van der Waals surface area contributed by atoms with E-state index in [9.17, 15) is 27.2 Å². The molecule has 0 aromatic heterocycles. The number of carbonyl (C=O) groups is 2. The van der Waals surface area contributed by atoms with Crippen LogP contribution >= 0.6 is 0 Å². The number of hydrogen-bond donors (Lipinski definition) is 1. The number of nitrogens with one attached hydrogen (secondary N) is 1. The standard InChI is InChI=1S/C22H26F4N2O3/c1-5-15-17(13-9-11-14(23)12-10-13)16(6-2)28(7-3)19(20(29)31-8-4)18(15)27-21(30)22(24,25)26/h9-12,16H,5-8H2,1-4H3,(H,27,30). The zero-order valence-electron chi connectivity index (χ0n) is 17.9. The zero-order chi connectivity index (χ0) is 23.3. The van der Waals surface area contributed by atoms with Gasteiger partial charge in [0.05, 0.1) is 18.3 Å². The van der Waals surface area contributed by atoms with Gasteiger partial charge in [0.1, 0.15) is 11.5 Å². The summed E-state index contributed by atoms with van der Waals surface area (Å²) in [6.45, 7) is 7.24. The number of amides is 1. The Morgan fingerprint density at radius 2 is 1.71 bits per heavy atom. The number of rotatable bonds is 7. The van der Waals surface area contributed by atoms with Gasteiger partial charge in [-0.3, -0.25) is 4.79 Å². The monoisotopic (exact) mass is 442 g/mol. The average Bonchev–Trinajstić information content (AvgIpc) is 2.72. The van der Waals surface area contributed by atoms with Crippen LogP contribution in [0.2, 0.25) is 0 Å². The minimum Gasteiger partial charge on any atom is -0.461 e. The third-order valence-electron chi connectivity index (χ3n) is 5.06. The van der Waals surface area contributed by atoms with Crippen LogP contribution in [0.5, 0.6) is 0 Å². The molecule has 1 aromatic carbocycles. The number of esters is 1. The van der Waals surface area contributed by atoms with Crippen molar-refractivity contribution in [2.24, 2.45) is 0 Å². The van der Waals surface area contributed by atoms with Crippen LogP contribution in [0.3, 0.4) is 0 Å². The summed E-state index contributed by atoms with van der Waals surface area (Å²) in [7, 11) is 0. The average molecular weight is 442 g/mol. The van der Waals surface area contributed by atoms with Crippen LogP contribution in [-0.2, 0) is 14.3 Å². The molecule has 2 rings (SSSR count). The zero-order valence-corrected chi connectivity index (χ0v) is 17.9. The van der Waals surface area contributed by atoms with E-state index in [4.69, 9.17) is 4.74 Å². The summed E-state index contributed by atoms with van der Waals surface area (Å²) >= 11 is 0. The van der Waals surface area contributed by atoms with Crippen LogP contribution in [0.4, 0.5) is 17.6 Å². The minimum atomic E-state index is -5.14. The van der Waals surface area contributed by atoms with Crippen molar-refractivity contribution in [3.63, 3.8) is 0 Å². The second kappa shape index (κ2) is 9.98. The third kappa shape index (κ3) is 5.08. The first-order valence-corrected chi connectivity index (χ1v) is 10.2. The molecule has 1 heterocycles. The number of nitrogens with zero attached hydrogens (tertiary/aromatic N) is 1. The molecule has 0 fully saturated rings. The molecule has 1 aromatic rings. The van der Waals surface area contributed by atoms with Gasteiger partial charge in [0.2, 0.25) is 0 Å². The smallest absolute Gasteiger partial charge is 0.461 e. The Morgan fingerprint density at radius 1 is 1.10 bits per heavy atom. The number of carbonyl (C=O) groups excluding carboxylic acids is 2. The Bertz CT molecular complexity index is 889. The Kier molecular flexibility index (Phi) is 7.86. The molecule has 0 radical (unpaired) electrons. The molecule has 5 nitrogen and oxygen atoms in total. The van der Waals surface area contributed by atoms with Crippen LogP contribution in [0, 0.1) is 5.82 Å². The summed E-state index contributed by atoms with van der Waals surface area (Å²) in [5, 5.41) is 1.91. The molecule has 31 heavy (non-hydrogen) atoms.